The fourth-order valence-electron chi connectivity index (χ4n) is 2.07. The Balaban J connectivity index is 1.79. The predicted octanol–water partition coefficient (Wildman–Crippen LogP) is 3.03. The standard InChI is InChI=1S/C16H22FNO4/c1-15(2,3)22-14(19)18-9-16(17,10-18)11-21-13-7-5-12(20-4)6-8-13/h5-8H,9-11H2,1-4H3. The fourth-order valence-corrected chi connectivity index (χ4v) is 2.07. The van der Waals surface area contributed by atoms with Crippen LogP contribution in [0.4, 0.5) is 9.18 Å². The van der Waals surface area contributed by atoms with Crippen molar-refractivity contribution in [1.29, 1.82) is 0 Å². The minimum Gasteiger partial charge on any atom is -0.497 e. The Morgan fingerprint density at radius 2 is 1.77 bits per heavy atom. The number of hydrogen-bond donors (Lipinski definition) is 0. The highest BCUT2D eigenvalue weighted by atomic mass is 19.1. The molecule has 2 rings (SSSR count). The molecule has 0 spiro atoms. The SMILES string of the molecule is COc1ccc(OCC2(F)CN(C(=O)OC(C)(C)C)C2)cc1. The summed E-state index contributed by atoms with van der Waals surface area (Å²) in [6, 6.07) is 6.92. The van der Waals surface area contributed by atoms with E-state index < -0.39 is 17.4 Å². The summed E-state index contributed by atoms with van der Waals surface area (Å²) in [6.45, 7) is 5.20. The second-order valence-electron chi connectivity index (χ2n) is 6.45. The molecule has 0 bridgehead atoms. The van der Waals surface area contributed by atoms with E-state index in [1.165, 1.54) is 4.90 Å². The molecule has 0 unspecified atom stereocenters. The smallest absolute Gasteiger partial charge is 0.410 e. The molecule has 1 amide bonds. The molecule has 0 aliphatic carbocycles. The van der Waals surface area contributed by atoms with Crippen LogP contribution in [-0.4, -0.2) is 49.1 Å². The average Bonchev–Trinajstić information content (AvgIpc) is 2.40. The van der Waals surface area contributed by atoms with E-state index in [2.05, 4.69) is 0 Å². The van der Waals surface area contributed by atoms with Crippen molar-refractivity contribution in [3.8, 4) is 11.5 Å². The lowest BCUT2D eigenvalue weighted by molar-refractivity contribution is -0.0685. The zero-order valence-electron chi connectivity index (χ0n) is 13.4. The van der Waals surface area contributed by atoms with Gasteiger partial charge >= 0.3 is 6.09 Å². The van der Waals surface area contributed by atoms with Crippen LogP contribution in [0.25, 0.3) is 0 Å². The molecule has 1 aromatic carbocycles. The quantitative estimate of drug-likeness (QED) is 0.857. The van der Waals surface area contributed by atoms with Crippen molar-refractivity contribution in [2.45, 2.75) is 32.0 Å². The highest BCUT2D eigenvalue weighted by Crippen LogP contribution is 2.28. The summed E-state index contributed by atoms with van der Waals surface area (Å²) in [5, 5.41) is 0. The molecule has 1 saturated heterocycles. The van der Waals surface area contributed by atoms with Crippen molar-refractivity contribution >= 4 is 6.09 Å². The first-order valence-corrected chi connectivity index (χ1v) is 7.14. The Morgan fingerprint density at radius 3 is 2.27 bits per heavy atom. The van der Waals surface area contributed by atoms with Gasteiger partial charge in [0, 0.05) is 0 Å². The molecule has 1 aliphatic heterocycles. The largest absolute Gasteiger partial charge is 0.497 e. The van der Waals surface area contributed by atoms with E-state index in [9.17, 15) is 9.18 Å². The Hall–Kier alpha value is -1.98. The van der Waals surface area contributed by atoms with Gasteiger partial charge in [0.05, 0.1) is 20.2 Å². The van der Waals surface area contributed by atoms with Gasteiger partial charge in [0.25, 0.3) is 0 Å². The van der Waals surface area contributed by atoms with Crippen molar-refractivity contribution in [3.05, 3.63) is 24.3 Å². The van der Waals surface area contributed by atoms with Gasteiger partial charge in [-0.2, -0.15) is 0 Å². The number of methoxy groups -OCH3 is 1. The van der Waals surface area contributed by atoms with Gasteiger partial charge in [-0.15, -0.1) is 0 Å². The molecule has 1 aliphatic rings. The first kappa shape index (κ1) is 16.4. The summed E-state index contributed by atoms with van der Waals surface area (Å²) in [5.41, 5.74) is -2.11. The molecule has 6 heteroatoms. The highest BCUT2D eigenvalue weighted by molar-refractivity contribution is 5.69. The van der Waals surface area contributed by atoms with E-state index in [-0.39, 0.29) is 19.7 Å². The number of alkyl halides is 1. The van der Waals surface area contributed by atoms with E-state index in [1.807, 2.05) is 0 Å². The summed E-state index contributed by atoms with van der Waals surface area (Å²) in [4.78, 5) is 13.1. The Bertz CT molecular complexity index is 518. The molecule has 0 atom stereocenters. The second-order valence-corrected chi connectivity index (χ2v) is 6.45. The third-order valence-corrected chi connectivity index (χ3v) is 3.16. The topological polar surface area (TPSA) is 48.0 Å². The number of ether oxygens (including phenoxy) is 3. The minimum absolute atomic E-state index is 0.0158. The first-order valence-electron chi connectivity index (χ1n) is 7.14. The molecule has 0 N–H and O–H groups in total. The van der Waals surface area contributed by atoms with Gasteiger partial charge in [0.15, 0.2) is 5.67 Å². The van der Waals surface area contributed by atoms with Gasteiger partial charge in [0.1, 0.15) is 23.7 Å². The second kappa shape index (κ2) is 6.02. The van der Waals surface area contributed by atoms with Crippen molar-refractivity contribution in [1.82, 2.24) is 4.90 Å². The zero-order valence-corrected chi connectivity index (χ0v) is 13.4. The van der Waals surface area contributed by atoms with Crippen molar-refractivity contribution in [2.24, 2.45) is 0 Å². The zero-order chi connectivity index (χ0) is 16.4. The van der Waals surface area contributed by atoms with Gasteiger partial charge in [-0.1, -0.05) is 0 Å². The van der Waals surface area contributed by atoms with Crippen LogP contribution in [-0.2, 0) is 4.74 Å². The fraction of sp³-hybridized carbons (Fsp3) is 0.562. The number of hydrogen-bond acceptors (Lipinski definition) is 4. The molecule has 1 fully saturated rings. The minimum atomic E-state index is -1.53. The van der Waals surface area contributed by atoms with Gasteiger partial charge in [0.2, 0.25) is 0 Å². The molecular weight excluding hydrogens is 289 g/mol. The molecular formula is C16H22FNO4. The maximum absolute atomic E-state index is 14.4. The maximum atomic E-state index is 14.4. The van der Waals surface area contributed by atoms with E-state index in [0.717, 1.165) is 0 Å². The van der Waals surface area contributed by atoms with Crippen LogP contribution >= 0.6 is 0 Å². The Morgan fingerprint density at radius 1 is 1.23 bits per heavy atom. The first-order chi connectivity index (χ1) is 10.2. The van der Waals surface area contributed by atoms with Gasteiger partial charge < -0.3 is 19.1 Å². The molecule has 5 nitrogen and oxygen atoms in total. The maximum Gasteiger partial charge on any atom is 0.410 e. The van der Waals surface area contributed by atoms with E-state index in [4.69, 9.17) is 14.2 Å². The normalized spacial score (nSPS) is 16.7. The third-order valence-electron chi connectivity index (χ3n) is 3.16. The van der Waals surface area contributed by atoms with Gasteiger partial charge in [-0.05, 0) is 45.0 Å². The summed E-state index contributed by atoms with van der Waals surface area (Å²) >= 11 is 0. The summed E-state index contributed by atoms with van der Waals surface area (Å²) in [6.07, 6.45) is -0.495. The third kappa shape index (κ3) is 4.26. The molecule has 1 aromatic rings. The molecule has 0 aromatic heterocycles. The van der Waals surface area contributed by atoms with Crippen molar-refractivity contribution in [3.63, 3.8) is 0 Å². The van der Waals surface area contributed by atoms with Crippen molar-refractivity contribution < 1.29 is 23.4 Å². The number of carbonyl (C=O) groups excluding carboxylic acids is 1. The molecule has 122 valence electrons. The van der Waals surface area contributed by atoms with E-state index >= 15 is 0 Å². The average molecular weight is 311 g/mol. The van der Waals surface area contributed by atoms with E-state index in [0.29, 0.717) is 11.5 Å². The summed E-state index contributed by atoms with van der Waals surface area (Å²) in [7, 11) is 1.58. The number of halogens is 1. The van der Waals surface area contributed by atoms with E-state index in [1.54, 1.807) is 52.1 Å². The highest BCUT2D eigenvalue weighted by Gasteiger charge is 2.48. The lowest BCUT2D eigenvalue weighted by atomic mass is 9.98. The Kier molecular flexibility index (Phi) is 4.49. The predicted molar refractivity (Wildman–Crippen MR) is 80.1 cm³/mol. The van der Waals surface area contributed by atoms with Crippen molar-refractivity contribution in [2.75, 3.05) is 26.8 Å². The number of carbonyl (C=O) groups is 1. The van der Waals surface area contributed by atoms with Gasteiger partial charge in [-0.25, -0.2) is 9.18 Å². The van der Waals surface area contributed by atoms with Crippen LogP contribution in [0.2, 0.25) is 0 Å². The van der Waals surface area contributed by atoms with Crippen LogP contribution < -0.4 is 9.47 Å². The number of rotatable bonds is 4. The molecule has 0 radical (unpaired) electrons. The molecule has 22 heavy (non-hydrogen) atoms. The van der Waals surface area contributed by atoms with Crippen LogP contribution in [0.5, 0.6) is 11.5 Å². The number of nitrogens with zero attached hydrogens (tertiary/aromatic N) is 1. The lowest BCUT2D eigenvalue weighted by Crippen LogP contribution is -2.64. The summed E-state index contributed by atoms with van der Waals surface area (Å²) in [5.74, 6) is 1.27. The molecule has 0 saturated carbocycles. The summed E-state index contributed by atoms with van der Waals surface area (Å²) < 4.78 is 30.0. The van der Waals surface area contributed by atoms with Crippen LogP contribution in [0.3, 0.4) is 0 Å². The molecule has 1 heterocycles. The van der Waals surface area contributed by atoms with Crippen LogP contribution in [0.15, 0.2) is 24.3 Å². The number of amides is 1. The number of benzene rings is 1. The lowest BCUT2D eigenvalue weighted by Gasteiger charge is -2.43. The van der Waals surface area contributed by atoms with Crippen LogP contribution in [0.1, 0.15) is 20.8 Å². The Labute approximate surface area is 130 Å². The number of likely N-dealkylation sites (tertiary alicyclic amines) is 1. The van der Waals surface area contributed by atoms with Gasteiger partial charge in [-0.3, -0.25) is 0 Å². The van der Waals surface area contributed by atoms with Crippen LogP contribution in [0, 0.1) is 0 Å². The monoisotopic (exact) mass is 311 g/mol.